The second-order valence-corrected chi connectivity index (χ2v) is 6.72. The molecule has 0 aromatic heterocycles. The van der Waals surface area contributed by atoms with Gasteiger partial charge in [0.05, 0.1) is 4.47 Å². The monoisotopic (exact) mass is 341 g/mol. The van der Waals surface area contributed by atoms with Crippen LogP contribution in [0.15, 0.2) is 22.7 Å². The summed E-state index contributed by atoms with van der Waals surface area (Å²) in [6, 6.07) is 5.74. The topological polar surface area (TPSA) is 12.0 Å². The molecule has 0 saturated heterocycles. The molecule has 1 saturated carbocycles. The molecule has 0 spiro atoms. The van der Waals surface area contributed by atoms with Crippen molar-refractivity contribution in [3.63, 3.8) is 0 Å². The zero-order valence-electron chi connectivity index (χ0n) is 12.3. The van der Waals surface area contributed by atoms with Gasteiger partial charge in [-0.15, -0.1) is 0 Å². The molecule has 0 radical (unpaired) electrons. The van der Waals surface area contributed by atoms with Crippen LogP contribution in [0.3, 0.4) is 0 Å². The first-order chi connectivity index (χ1) is 9.70. The molecule has 3 heteroatoms. The third-order valence-electron chi connectivity index (χ3n) is 4.38. The van der Waals surface area contributed by atoms with Crippen LogP contribution in [-0.2, 0) is 0 Å². The first-order valence-electron chi connectivity index (χ1n) is 7.89. The Balaban J connectivity index is 1.96. The van der Waals surface area contributed by atoms with Gasteiger partial charge in [0.1, 0.15) is 5.82 Å². The highest BCUT2D eigenvalue weighted by molar-refractivity contribution is 9.10. The maximum atomic E-state index is 13.4. The van der Waals surface area contributed by atoms with Gasteiger partial charge in [0.15, 0.2) is 0 Å². The van der Waals surface area contributed by atoms with E-state index in [1.807, 2.05) is 12.1 Å². The van der Waals surface area contributed by atoms with Gasteiger partial charge in [-0.2, -0.15) is 0 Å². The van der Waals surface area contributed by atoms with Crippen molar-refractivity contribution in [2.75, 3.05) is 6.54 Å². The molecule has 1 nitrogen and oxygen atoms in total. The molecule has 0 heterocycles. The highest BCUT2D eigenvalue weighted by atomic mass is 79.9. The summed E-state index contributed by atoms with van der Waals surface area (Å²) in [4.78, 5) is 0. The van der Waals surface area contributed by atoms with E-state index in [-0.39, 0.29) is 5.82 Å². The summed E-state index contributed by atoms with van der Waals surface area (Å²) in [7, 11) is 0. The van der Waals surface area contributed by atoms with Crippen molar-refractivity contribution in [2.24, 2.45) is 5.92 Å². The Hall–Kier alpha value is -0.410. The van der Waals surface area contributed by atoms with Gasteiger partial charge in [-0.25, -0.2) is 4.39 Å². The van der Waals surface area contributed by atoms with Gasteiger partial charge in [0, 0.05) is 6.04 Å². The van der Waals surface area contributed by atoms with Crippen LogP contribution in [0.1, 0.15) is 63.5 Å². The van der Waals surface area contributed by atoms with Crippen LogP contribution in [0.5, 0.6) is 0 Å². The zero-order valence-corrected chi connectivity index (χ0v) is 13.9. The lowest BCUT2D eigenvalue weighted by Gasteiger charge is -2.25. The van der Waals surface area contributed by atoms with E-state index in [1.54, 1.807) is 6.07 Å². The lowest BCUT2D eigenvalue weighted by molar-refractivity contribution is 0.315. The van der Waals surface area contributed by atoms with Gasteiger partial charge in [0.2, 0.25) is 0 Å². The fraction of sp³-hybridized carbons (Fsp3) is 0.647. The van der Waals surface area contributed by atoms with Crippen molar-refractivity contribution in [1.82, 2.24) is 5.32 Å². The molecule has 112 valence electrons. The van der Waals surface area contributed by atoms with Gasteiger partial charge >= 0.3 is 0 Å². The number of benzene rings is 1. The van der Waals surface area contributed by atoms with E-state index in [0.717, 1.165) is 18.9 Å². The molecule has 1 atom stereocenters. The van der Waals surface area contributed by atoms with Crippen molar-refractivity contribution in [3.8, 4) is 0 Å². The molecule has 1 N–H and O–H groups in total. The molecule has 0 amide bonds. The van der Waals surface area contributed by atoms with Crippen molar-refractivity contribution >= 4 is 15.9 Å². The van der Waals surface area contributed by atoms with E-state index in [4.69, 9.17) is 0 Å². The van der Waals surface area contributed by atoms with Crippen molar-refractivity contribution in [1.29, 1.82) is 0 Å². The van der Waals surface area contributed by atoms with Crippen LogP contribution in [0, 0.1) is 11.7 Å². The van der Waals surface area contributed by atoms with Crippen LogP contribution in [0.25, 0.3) is 0 Å². The average Bonchev–Trinajstić information content (AvgIpc) is 2.47. The van der Waals surface area contributed by atoms with E-state index < -0.39 is 0 Å². The van der Waals surface area contributed by atoms with E-state index in [0.29, 0.717) is 10.5 Å². The highest BCUT2D eigenvalue weighted by Gasteiger charge is 2.17. The molecular formula is C17H25BrFN. The number of nitrogens with one attached hydrogen (secondary N) is 1. The number of hydrogen-bond acceptors (Lipinski definition) is 1. The minimum Gasteiger partial charge on any atom is -0.310 e. The minimum atomic E-state index is -0.184. The standard InChI is InChI=1S/C17H25BrFN/c1-2-20-17(11-8-13-6-4-3-5-7-13)14-9-10-16(19)15(18)12-14/h9-10,12-13,17,20H,2-8,11H2,1H3. The summed E-state index contributed by atoms with van der Waals surface area (Å²) in [5.41, 5.74) is 1.19. The largest absolute Gasteiger partial charge is 0.310 e. The SMILES string of the molecule is CCNC(CCC1CCCCC1)c1ccc(F)c(Br)c1. The second-order valence-electron chi connectivity index (χ2n) is 5.87. The zero-order chi connectivity index (χ0) is 14.4. The fourth-order valence-electron chi connectivity index (χ4n) is 3.24. The Labute approximate surface area is 130 Å². The van der Waals surface area contributed by atoms with Gasteiger partial charge in [-0.3, -0.25) is 0 Å². The lowest BCUT2D eigenvalue weighted by Crippen LogP contribution is -2.22. The minimum absolute atomic E-state index is 0.184. The number of halogens is 2. The highest BCUT2D eigenvalue weighted by Crippen LogP contribution is 2.31. The summed E-state index contributed by atoms with van der Waals surface area (Å²) in [5, 5.41) is 3.54. The molecule has 1 unspecified atom stereocenters. The molecule has 1 aliphatic rings. The third kappa shape index (κ3) is 4.56. The Bertz CT molecular complexity index is 415. The van der Waals surface area contributed by atoms with E-state index in [1.165, 1.54) is 44.1 Å². The van der Waals surface area contributed by atoms with Crippen LogP contribution >= 0.6 is 15.9 Å². The normalized spacial score (nSPS) is 18.1. The van der Waals surface area contributed by atoms with Gasteiger partial charge in [-0.05, 0) is 58.9 Å². The number of rotatable bonds is 6. The van der Waals surface area contributed by atoms with Gasteiger partial charge < -0.3 is 5.32 Å². The maximum absolute atomic E-state index is 13.4. The lowest BCUT2D eigenvalue weighted by atomic mass is 9.84. The Morgan fingerprint density at radius 2 is 2.05 bits per heavy atom. The van der Waals surface area contributed by atoms with Crippen LogP contribution in [-0.4, -0.2) is 6.54 Å². The molecule has 1 aromatic rings. The predicted octanol–water partition coefficient (Wildman–Crippen LogP) is 5.60. The molecule has 20 heavy (non-hydrogen) atoms. The molecule has 1 aromatic carbocycles. The molecule has 1 fully saturated rings. The van der Waals surface area contributed by atoms with E-state index in [2.05, 4.69) is 28.2 Å². The Kier molecular flexibility index (Phi) is 6.50. The van der Waals surface area contributed by atoms with Crippen LogP contribution < -0.4 is 5.32 Å². The fourth-order valence-corrected chi connectivity index (χ4v) is 3.64. The van der Waals surface area contributed by atoms with Crippen molar-refractivity contribution < 1.29 is 4.39 Å². The Morgan fingerprint density at radius 1 is 1.30 bits per heavy atom. The maximum Gasteiger partial charge on any atom is 0.137 e. The quantitative estimate of drug-likeness (QED) is 0.710. The molecule has 2 rings (SSSR count). The van der Waals surface area contributed by atoms with Crippen molar-refractivity contribution in [2.45, 2.75) is 57.9 Å². The van der Waals surface area contributed by atoms with E-state index >= 15 is 0 Å². The second kappa shape index (κ2) is 8.14. The summed E-state index contributed by atoms with van der Waals surface area (Å²) < 4.78 is 13.9. The molecule has 0 bridgehead atoms. The summed E-state index contributed by atoms with van der Waals surface area (Å²) in [6.07, 6.45) is 9.44. The molecular weight excluding hydrogens is 317 g/mol. The van der Waals surface area contributed by atoms with Crippen molar-refractivity contribution in [3.05, 3.63) is 34.1 Å². The van der Waals surface area contributed by atoms with E-state index in [9.17, 15) is 4.39 Å². The Morgan fingerprint density at radius 3 is 2.70 bits per heavy atom. The van der Waals surface area contributed by atoms with Crippen LogP contribution in [0.2, 0.25) is 0 Å². The summed E-state index contributed by atoms with van der Waals surface area (Å²) in [5.74, 6) is 0.713. The van der Waals surface area contributed by atoms with Gasteiger partial charge in [-0.1, -0.05) is 45.1 Å². The third-order valence-corrected chi connectivity index (χ3v) is 4.99. The van der Waals surface area contributed by atoms with Gasteiger partial charge in [0.25, 0.3) is 0 Å². The predicted molar refractivity (Wildman–Crippen MR) is 86.3 cm³/mol. The van der Waals surface area contributed by atoms with Crippen LogP contribution in [0.4, 0.5) is 4.39 Å². The molecule has 1 aliphatic carbocycles. The number of hydrogen-bond donors (Lipinski definition) is 1. The molecule has 0 aliphatic heterocycles. The average molecular weight is 342 g/mol. The summed E-state index contributed by atoms with van der Waals surface area (Å²) in [6.45, 7) is 3.08. The smallest absolute Gasteiger partial charge is 0.137 e. The first-order valence-corrected chi connectivity index (χ1v) is 8.68. The summed E-state index contributed by atoms with van der Waals surface area (Å²) >= 11 is 3.29. The first kappa shape index (κ1) is 16.0.